The molecular formula is C29H32F2. The summed E-state index contributed by atoms with van der Waals surface area (Å²) in [5.41, 5.74) is 6.97. The maximum atomic E-state index is 15.2. The molecule has 0 fully saturated rings. The minimum atomic E-state index is -0.739. The predicted molar refractivity (Wildman–Crippen MR) is 126 cm³/mol. The largest absolute Gasteiger partial charge is 0.203 e. The van der Waals surface area contributed by atoms with E-state index in [9.17, 15) is 0 Å². The zero-order chi connectivity index (χ0) is 21.8. The Labute approximate surface area is 185 Å². The van der Waals surface area contributed by atoms with Gasteiger partial charge in [-0.05, 0) is 71.6 Å². The SMILES string of the molecule is CCCCCc1ccc(-c2cc3c(c(F)c2F)-c2ccc(CCCCC)cc2C3)cc1. The first-order valence-corrected chi connectivity index (χ1v) is 11.8. The van der Waals surface area contributed by atoms with E-state index in [2.05, 4.69) is 26.0 Å². The van der Waals surface area contributed by atoms with Crippen molar-refractivity contribution in [2.45, 2.75) is 71.6 Å². The van der Waals surface area contributed by atoms with Crippen LogP contribution < -0.4 is 0 Å². The van der Waals surface area contributed by atoms with Crippen molar-refractivity contribution in [3.8, 4) is 22.3 Å². The molecule has 0 aliphatic heterocycles. The minimum absolute atomic E-state index is 0.368. The van der Waals surface area contributed by atoms with E-state index in [1.165, 1.54) is 43.2 Å². The van der Waals surface area contributed by atoms with E-state index in [-0.39, 0.29) is 0 Å². The van der Waals surface area contributed by atoms with Crippen molar-refractivity contribution in [2.24, 2.45) is 0 Å². The average molecular weight is 419 g/mol. The monoisotopic (exact) mass is 418 g/mol. The average Bonchev–Trinajstić information content (AvgIpc) is 3.15. The number of hydrogen-bond acceptors (Lipinski definition) is 0. The van der Waals surface area contributed by atoms with Crippen LogP contribution in [0.1, 0.15) is 74.6 Å². The molecule has 2 heteroatoms. The number of fused-ring (bicyclic) bond motifs is 3. The Balaban J connectivity index is 1.60. The van der Waals surface area contributed by atoms with Crippen LogP contribution in [0.5, 0.6) is 0 Å². The van der Waals surface area contributed by atoms with Gasteiger partial charge in [0.05, 0.1) is 0 Å². The summed E-state index contributed by atoms with van der Waals surface area (Å²) in [6.45, 7) is 4.40. The molecule has 0 radical (unpaired) electrons. The molecule has 0 N–H and O–H groups in total. The highest BCUT2D eigenvalue weighted by molar-refractivity contribution is 5.81. The standard InChI is InChI=1S/C29H32F2/c1-3-5-7-9-20-11-14-22(15-12-20)26-19-24-18-23-17-21(10-8-6-4-2)13-16-25(23)27(24)29(31)28(26)30/h11-17,19H,3-10,18H2,1-2H3. The van der Waals surface area contributed by atoms with Crippen LogP contribution in [-0.4, -0.2) is 0 Å². The smallest absolute Gasteiger partial charge is 0.167 e. The quantitative estimate of drug-likeness (QED) is 0.239. The van der Waals surface area contributed by atoms with Crippen LogP contribution in [0.3, 0.4) is 0 Å². The summed E-state index contributed by atoms with van der Waals surface area (Å²) in [6, 6.07) is 16.1. The van der Waals surface area contributed by atoms with Gasteiger partial charge in [0.1, 0.15) is 0 Å². The predicted octanol–water partition coefficient (Wildman–Crippen LogP) is 8.67. The lowest BCUT2D eigenvalue weighted by atomic mass is 9.96. The molecule has 4 rings (SSSR count). The summed E-state index contributed by atoms with van der Waals surface area (Å²) >= 11 is 0. The lowest BCUT2D eigenvalue weighted by Crippen LogP contribution is -1.96. The number of halogens is 2. The van der Waals surface area contributed by atoms with Crippen molar-refractivity contribution in [3.63, 3.8) is 0 Å². The van der Waals surface area contributed by atoms with Crippen LogP contribution in [0.2, 0.25) is 0 Å². The number of benzene rings is 3. The molecule has 0 saturated carbocycles. The molecular weight excluding hydrogens is 386 g/mol. The summed E-state index contributed by atoms with van der Waals surface area (Å²) in [6.07, 6.45) is 9.91. The first-order valence-electron chi connectivity index (χ1n) is 11.8. The highest BCUT2D eigenvalue weighted by Crippen LogP contribution is 2.42. The van der Waals surface area contributed by atoms with E-state index < -0.39 is 11.6 Å². The van der Waals surface area contributed by atoms with E-state index in [1.807, 2.05) is 36.4 Å². The van der Waals surface area contributed by atoms with Crippen molar-refractivity contribution >= 4 is 0 Å². The zero-order valence-corrected chi connectivity index (χ0v) is 18.7. The summed E-state index contributed by atoms with van der Waals surface area (Å²) in [5.74, 6) is -1.45. The topological polar surface area (TPSA) is 0 Å². The van der Waals surface area contributed by atoms with Crippen molar-refractivity contribution in [3.05, 3.63) is 82.4 Å². The molecule has 1 aliphatic rings. The fraction of sp³-hybridized carbons (Fsp3) is 0.379. The fourth-order valence-electron chi connectivity index (χ4n) is 4.73. The third-order valence-electron chi connectivity index (χ3n) is 6.51. The highest BCUT2D eigenvalue weighted by Gasteiger charge is 2.27. The Morgan fingerprint density at radius 2 is 1.29 bits per heavy atom. The van der Waals surface area contributed by atoms with Crippen LogP contribution in [0, 0.1) is 11.6 Å². The van der Waals surface area contributed by atoms with Gasteiger partial charge in [-0.3, -0.25) is 0 Å². The van der Waals surface area contributed by atoms with E-state index in [4.69, 9.17) is 0 Å². The second kappa shape index (κ2) is 9.77. The maximum absolute atomic E-state index is 15.2. The lowest BCUT2D eigenvalue weighted by Gasteiger charge is -2.11. The first-order chi connectivity index (χ1) is 15.1. The van der Waals surface area contributed by atoms with E-state index in [0.717, 1.165) is 41.5 Å². The number of rotatable bonds is 9. The van der Waals surface area contributed by atoms with Crippen LogP contribution in [0.25, 0.3) is 22.3 Å². The summed E-state index contributed by atoms with van der Waals surface area (Å²) in [5, 5.41) is 0. The normalized spacial score (nSPS) is 12.1. The molecule has 0 unspecified atom stereocenters. The summed E-state index contributed by atoms with van der Waals surface area (Å²) < 4.78 is 30.3. The van der Waals surface area contributed by atoms with Gasteiger partial charge in [-0.15, -0.1) is 0 Å². The number of hydrogen-bond donors (Lipinski definition) is 0. The Bertz CT molecular complexity index is 1050. The van der Waals surface area contributed by atoms with Crippen molar-refractivity contribution in [1.82, 2.24) is 0 Å². The van der Waals surface area contributed by atoms with Gasteiger partial charge in [0.15, 0.2) is 11.6 Å². The van der Waals surface area contributed by atoms with E-state index in [0.29, 0.717) is 17.5 Å². The Kier molecular flexibility index (Phi) is 6.85. The Hall–Kier alpha value is -2.48. The van der Waals surface area contributed by atoms with Crippen LogP contribution >= 0.6 is 0 Å². The molecule has 0 saturated heterocycles. The van der Waals surface area contributed by atoms with Crippen LogP contribution in [0.4, 0.5) is 8.78 Å². The third-order valence-corrected chi connectivity index (χ3v) is 6.51. The third kappa shape index (κ3) is 4.59. The molecule has 3 aromatic rings. The Morgan fingerprint density at radius 3 is 1.97 bits per heavy atom. The molecule has 0 atom stereocenters. The van der Waals surface area contributed by atoms with Crippen molar-refractivity contribution in [1.29, 1.82) is 0 Å². The lowest BCUT2D eigenvalue weighted by molar-refractivity contribution is 0.513. The van der Waals surface area contributed by atoms with Crippen molar-refractivity contribution < 1.29 is 8.78 Å². The van der Waals surface area contributed by atoms with Gasteiger partial charge in [-0.25, -0.2) is 8.78 Å². The molecule has 0 heterocycles. The van der Waals surface area contributed by atoms with Gasteiger partial charge < -0.3 is 0 Å². The molecule has 0 amide bonds. The fourth-order valence-corrected chi connectivity index (χ4v) is 4.73. The zero-order valence-electron chi connectivity index (χ0n) is 18.7. The maximum Gasteiger partial charge on any atom is 0.167 e. The second-order valence-corrected chi connectivity index (χ2v) is 8.87. The first kappa shape index (κ1) is 21.7. The Morgan fingerprint density at radius 1 is 0.645 bits per heavy atom. The highest BCUT2D eigenvalue weighted by atomic mass is 19.2. The molecule has 0 bridgehead atoms. The van der Waals surface area contributed by atoms with Gasteiger partial charge in [0.25, 0.3) is 0 Å². The van der Waals surface area contributed by atoms with Gasteiger partial charge in [0, 0.05) is 11.1 Å². The molecule has 0 aromatic heterocycles. The number of unbranched alkanes of at least 4 members (excludes halogenated alkanes) is 4. The number of aryl methyl sites for hydroxylation is 2. The second-order valence-electron chi connectivity index (χ2n) is 8.87. The van der Waals surface area contributed by atoms with Gasteiger partial charge in [-0.2, -0.15) is 0 Å². The molecule has 162 valence electrons. The van der Waals surface area contributed by atoms with E-state index >= 15 is 8.78 Å². The van der Waals surface area contributed by atoms with Gasteiger partial charge >= 0.3 is 0 Å². The molecule has 0 nitrogen and oxygen atoms in total. The molecule has 0 spiro atoms. The van der Waals surface area contributed by atoms with Crippen LogP contribution in [0.15, 0.2) is 48.5 Å². The molecule has 3 aromatic carbocycles. The summed E-state index contributed by atoms with van der Waals surface area (Å²) in [4.78, 5) is 0. The summed E-state index contributed by atoms with van der Waals surface area (Å²) in [7, 11) is 0. The van der Waals surface area contributed by atoms with E-state index in [1.54, 1.807) is 0 Å². The minimum Gasteiger partial charge on any atom is -0.203 e. The van der Waals surface area contributed by atoms with Crippen molar-refractivity contribution in [2.75, 3.05) is 0 Å². The van der Waals surface area contributed by atoms with Crippen LogP contribution in [-0.2, 0) is 19.3 Å². The van der Waals surface area contributed by atoms with Gasteiger partial charge in [0.2, 0.25) is 0 Å². The molecule has 31 heavy (non-hydrogen) atoms. The van der Waals surface area contributed by atoms with Gasteiger partial charge in [-0.1, -0.05) is 82.0 Å². The molecule has 1 aliphatic carbocycles.